The van der Waals surface area contributed by atoms with Crippen LogP contribution in [0.15, 0.2) is 42.7 Å². The van der Waals surface area contributed by atoms with Gasteiger partial charge in [0.1, 0.15) is 0 Å². The highest BCUT2D eigenvalue weighted by atomic mass is 32.1. The summed E-state index contributed by atoms with van der Waals surface area (Å²) in [6.45, 7) is 1.29. The maximum Gasteiger partial charge on any atom is 0.251 e. The van der Waals surface area contributed by atoms with Gasteiger partial charge in [-0.2, -0.15) is 17.7 Å². The number of aromatic nitrogens is 2. The first-order valence-corrected chi connectivity index (χ1v) is 6.38. The molecule has 2 rings (SSSR count). The maximum absolute atomic E-state index is 11.7. The minimum Gasteiger partial charge on any atom is -0.351 e. The predicted octanol–water partition coefficient (Wildman–Crippen LogP) is 1.59. The van der Waals surface area contributed by atoms with Crippen molar-refractivity contribution in [3.8, 4) is 0 Å². The lowest BCUT2D eigenvalue weighted by molar-refractivity contribution is 0.0956. The van der Waals surface area contributed by atoms with Gasteiger partial charge in [-0.25, -0.2) is 0 Å². The Morgan fingerprint density at radius 2 is 2.11 bits per heavy atom. The molecule has 0 fully saturated rings. The molecule has 1 aromatic heterocycles. The largest absolute Gasteiger partial charge is 0.351 e. The number of hydrogen-bond donors (Lipinski definition) is 2. The van der Waals surface area contributed by atoms with Gasteiger partial charge < -0.3 is 5.32 Å². The molecule has 0 saturated heterocycles. The normalized spacial score (nSPS) is 10.3. The van der Waals surface area contributed by atoms with Crippen molar-refractivity contribution < 1.29 is 4.79 Å². The molecule has 18 heavy (non-hydrogen) atoms. The summed E-state index contributed by atoms with van der Waals surface area (Å²) in [6.07, 6.45) is 3.66. The monoisotopic (exact) mass is 261 g/mol. The summed E-state index contributed by atoms with van der Waals surface area (Å²) in [5.74, 6) is 0.582. The van der Waals surface area contributed by atoms with Crippen molar-refractivity contribution in [2.75, 3.05) is 12.3 Å². The van der Waals surface area contributed by atoms with Crippen LogP contribution >= 0.6 is 12.6 Å². The molecule has 0 spiro atoms. The van der Waals surface area contributed by atoms with Crippen molar-refractivity contribution >= 4 is 18.5 Å². The fourth-order valence-electron chi connectivity index (χ4n) is 1.61. The molecule has 1 amide bonds. The molecule has 5 heteroatoms. The predicted molar refractivity (Wildman–Crippen MR) is 74.0 cm³/mol. The third-order valence-corrected chi connectivity index (χ3v) is 2.74. The first-order chi connectivity index (χ1) is 8.79. The van der Waals surface area contributed by atoms with Gasteiger partial charge in [-0.05, 0) is 23.8 Å². The summed E-state index contributed by atoms with van der Waals surface area (Å²) in [5.41, 5.74) is 1.78. The van der Waals surface area contributed by atoms with E-state index in [0.717, 1.165) is 5.56 Å². The van der Waals surface area contributed by atoms with Gasteiger partial charge in [-0.1, -0.05) is 12.1 Å². The minimum atomic E-state index is -0.0605. The molecule has 0 aliphatic rings. The van der Waals surface area contributed by atoms with E-state index in [1.807, 2.05) is 41.2 Å². The van der Waals surface area contributed by atoms with Crippen LogP contribution in [0.1, 0.15) is 15.9 Å². The summed E-state index contributed by atoms with van der Waals surface area (Å²) in [7, 11) is 0. The van der Waals surface area contributed by atoms with Crippen LogP contribution in [0.3, 0.4) is 0 Å². The average Bonchev–Trinajstić information content (AvgIpc) is 2.89. The quantitative estimate of drug-likeness (QED) is 0.803. The highest BCUT2D eigenvalue weighted by Gasteiger charge is 2.04. The highest BCUT2D eigenvalue weighted by molar-refractivity contribution is 7.80. The summed E-state index contributed by atoms with van der Waals surface area (Å²) in [5, 5.41) is 6.92. The Balaban J connectivity index is 1.99. The van der Waals surface area contributed by atoms with Gasteiger partial charge in [0, 0.05) is 30.3 Å². The summed E-state index contributed by atoms with van der Waals surface area (Å²) in [6, 6.07) is 9.42. The summed E-state index contributed by atoms with van der Waals surface area (Å²) < 4.78 is 1.84. The number of carbonyl (C=O) groups is 1. The summed E-state index contributed by atoms with van der Waals surface area (Å²) in [4.78, 5) is 11.7. The lowest BCUT2D eigenvalue weighted by Crippen LogP contribution is -2.25. The number of amides is 1. The van der Waals surface area contributed by atoms with E-state index in [1.165, 1.54) is 0 Å². The van der Waals surface area contributed by atoms with E-state index in [2.05, 4.69) is 23.0 Å². The van der Waals surface area contributed by atoms with E-state index in [-0.39, 0.29) is 5.91 Å². The molecule has 0 saturated carbocycles. The molecule has 0 unspecified atom stereocenters. The molecule has 2 aromatic rings. The highest BCUT2D eigenvalue weighted by Crippen LogP contribution is 2.06. The van der Waals surface area contributed by atoms with Crippen molar-refractivity contribution in [2.24, 2.45) is 0 Å². The molecule has 0 atom stereocenters. The Morgan fingerprint density at radius 3 is 2.72 bits per heavy atom. The first kappa shape index (κ1) is 12.7. The minimum absolute atomic E-state index is 0.0605. The Bertz CT molecular complexity index is 493. The van der Waals surface area contributed by atoms with Crippen LogP contribution < -0.4 is 5.32 Å². The number of benzene rings is 1. The Hall–Kier alpha value is -1.75. The molecule has 4 nitrogen and oxygen atoms in total. The van der Waals surface area contributed by atoms with Gasteiger partial charge in [0.05, 0.1) is 6.54 Å². The second kappa shape index (κ2) is 6.26. The van der Waals surface area contributed by atoms with Crippen molar-refractivity contribution in [3.05, 3.63) is 53.9 Å². The van der Waals surface area contributed by atoms with E-state index in [9.17, 15) is 4.79 Å². The van der Waals surface area contributed by atoms with Gasteiger partial charge in [-0.15, -0.1) is 0 Å². The molecular formula is C13H15N3OS. The van der Waals surface area contributed by atoms with Crippen LogP contribution in [0.5, 0.6) is 0 Å². The van der Waals surface area contributed by atoms with Gasteiger partial charge >= 0.3 is 0 Å². The molecule has 0 radical (unpaired) electrons. The zero-order chi connectivity index (χ0) is 12.8. The Morgan fingerprint density at radius 1 is 1.33 bits per heavy atom. The smallest absolute Gasteiger partial charge is 0.251 e. The zero-order valence-corrected chi connectivity index (χ0v) is 10.8. The molecule has 1 aromatic carbocycles. The van der Waals surface area contributed by atoms with Crippen LogP contribution in [0.2, 0.25) is 0 Å². The number of rotatable bonds is 5. The Labute approximate surface area is 111 Å². The number of nitrogens with one attached hydrogen (secondary N) is 1. The molecule has 0 aliphatic heterocycles. The topological polar surface area (TPSA) is 46.9 Å². The fraction of sp³-hybridized carbons (Fsp3) is 0.231. The molecule has 94 valence electrons. The fourth-order valence-corrected chi connectivity index (χ4v) is 1.73. The molecular weight excluding hydrogens is 246 g/mol. The Kier molecular flexibility index (Phi) is 4.41. The van der Waals surface area contributed by atoms with Crippen LogP contribution in [0.25, 0.3) is 0 Å². The maximum atomic E-state index is 11.7. The van der Waals surface area contributed by atoms with Crippen molar-refractivity contribution in [1.29, 1.82) is 0 Å². The van der Waals surface area contributed by atoms with Crippen LogP contribution in [-0.4, -0.2) is 28.0 Å². The standard InChI is InChI=1S/C13H15N3OS/c17-13(14-7-9-18)12-4-2-11(3-5-12)10-16-8-1-6-15-16/h1-6,8,18H,7,9-10H2,(H,14,17). The van der Waals surface area contributed by atoms with E-state index in [1.54, 1.807) is 6.20 Å². The van der Waals surface area contributed by atoms with Crippen molar-refractivity contribution in [3.63, 3.8) is 0 Å². The van der Waals surface area contributed by atoms with Crippen molar-refractivity contribution in [2.45, 2.75) is 6.54 Å². The third-order valence-electron chi connectivity index (χ3n) is 2.52. The molecule has 1 heterocycles. The van der Waals surface area contributed by atoms with E-state index in [0.29, 0.717) is 24.4 Å². The van der Waals surface area contributed by atoms with E-state index >= 15 is 0 Å². The third kappa shape index (κ3) is 3.37. The first-order valence-electron chi connectivity index (χ1n) is 5.75. The summed E-state index contributed by atoms with van der Waals surface area (Å²) >= 11 is 4.05. The van der Waals surface area contributed by atoms with Crippen molar-refractivity contribution in [1.82, 2.24) is 15.1 Å². The number of thiol groups is 1. The molecule has 1 N–H and O–H groups in total. The van der Waals surface area contributed by atoms with Gasteiger partial charge in [0.25, 0.3) is 5.91 Å². The van der Waals surface area contributed by atoms with Gasteiger partial charge in [-0.3, -0.25) is 9.48 Å². The lowest BCUT2D eigenvalue weighted by Gasteiger charge is -2.05. The average molecular weight is 261 g/mol. The molecule has 0 bridgehead atoms. The lowest BCUT2D eigenvalue weighted by atomic mass is 10.1. The SMILES string of the molecule is O=C(NCCS)c1ccc(Cn2cccn2)cc1. The number of nitrogens with zero attached hydrogens (tertiary/aromatic N) is 2. The van der Waals surface area contributed by atoms with Gasteiger partial charge in [0.15, 0.2) is 0 Å². The van der Waals surface area contributed by atoms with Gasteiger partial charge in [0.2, 0.25) is 0 Å². The number of carbonyl (C=O) groups excluding carboxylic acids is 1. The zero-order valence-electron chi connectivity index (χ0n) is 9.91. The van der Waals surface area contributed by atoms with Crippen LogP contribution in [-0.2, 0) is 6.54 Å². The molecule has 0 aliphatic carbocycles. The van der Waals surface area contributed by atoms with Crippen LogP contribution in [0.4, 0.5) is 0 Å². The van der Waals surface area contributed by atoms with E-state index in [4.69, 9.17) is 0 Å². The number of hydrogen-bond acceptors (Lipinski definition) is 3. The van der Waals surface area contributed by atoms with Crippen LogP contribution in [0, 0.1) is 0 Å². The van der Waals surface area contributed by atoms with E-state index < -0.39 is 0 Å². The second-order valence-electron chi connectivity index (χ2n) is 3.88. The second-order valence-corrected chi connectivity index (χ2v) is 4.33.